The second-order valence-electron chi connectivity index (χ2n) is 4.30. The molecule has 6 nitrogen and oxygen atoms in total. The highest BCUT2D eigenvalue weighted by molar-refractivity contribution is 5.89. The Hall–Kier alpha value is -2.63. The molecule has 0 fully saturated rings. The maximum absolute atomic E-state index is 11.9. The topological polar surface area (TPSA) is 73.3 Å². The quantitative estimate of drug-likeness (QED) is 0.880. The zero-order valence-corrected chi connectivity index (χ0v) is 12.0. The molecular weight excluding hydrogens is 270 g/mol. The van der Waals surface area contributed by atoms with Gasteiger partial charge in [-0.15, -0.1) is 0 Å². The Balaban J connectivity index is 1.97. The zero-order valence-electron chi connectivity index (χ0n) is 12.0. The van der Waals surface area contributed by atoms with Crippen LogP contribution in [-0.4, -0.2) is 30.1 Å². The minimum atomic E-state index is -0.147. The van der Waals surface area contributed by atoms with Crippen LogP contribution in [0.2, 0.25) is 0 Å². The summed E-state index contributed by atoms with van der Waals surface area (Å²) in [5, 5.41) is 2.65. The molecule has 0 atom stereocenters. The summed E-state index contributed by atoms with van der Waals surface area (Å²) in [6.45, 7) is 0. The van der Waals surface area contributed by atoms with Crippen LogP contribution in [0.15, 0.2) is 36.7 Å². The lowest BCUT2D eigenvalue weighted by atomic mass is 10.1. The monoisotopic (exact) mass is 287 g/mol. The van der Waals surface area contributed by atoms with Crippen LogP contribution in [0.1, 0.15) is 12.0 Å². The number of hydrogen-bond donors (Lipinski definition) is 1. The van der Waals surface area contributed by atoms with Crippen LogP contribution < -0.4 is 14.8 Å². The second-order valence-corrected chi connectivity index (χ2v) is 4.30. The number of hydrogen-bond acceptors (Lipinski definition) is 5. The molecule has 0 aliphatic rings. The highest BCUT2D eigenvalue weighted by Crippen LogP contribution is 2.25. The molecule has 0 unspecified atom stereocenters. The average Bonchev–Trinajstić information content (AvgIpc) is 2.53. The summed E-state index contributed by atoms with van der Waals surface area (Å²) >= 11 is 0. The molecule has 110 valence electrons. The van der Waals surface area contributed by atoms with Crippen molar-refractivity contribution in [2.75, 3.05) is 19.5 Å². The van der Waals surface area contributed by atoms with Gasteiger partial charge in [-0.3, -0.25) is 10.1 Å². The summed E-state index contributed by atoms with van der Waals surface area (Å²) in [6, 6.07) is 7.20. The third-order valence-corrected chi connectivity index (χ3v) is 2.93. The standard InChI is InChI=1S/C15H17N3O3/c1-20-12-5-6-13(21-2)11(10-12)4-7-14(19)18-15-16-8-3-9-17-15/h3,5-6,8-10H,4,7H2,1-2H3,(H,16,17,18,19). The molecule has 1 N–H and O–H groups in total. The van der Waals surface area contributed by atoms with Gasteiger partial charge in [0.15, 0.2) is 0 Å². The molecule has 6 heteroatoms. The molecule has 0 saturated carbocycles. The normalized spacial score (nSPS) is 10.0. The third-order valence-electron chi connectivity index (χ3n) is 2.93. The lowest BCUT2D eigenvalue weighted by Gasteiger charge is -2.10. The van der Waals surface area contributed by atoms with E-state index >= 15 is 0 Å². The molecule has 1 aromatic carbocycles. The predicted octanol–water partition coefficient (Wildman–Crippen LogP) is 2.07. The number of amides is 1. The minimum Gasteiger partial charge on any atom is -0.497 e. The van der Waals surface area contributed by atoms with E-state index in [9.17, 15) is 4.79 Å². The number of carbonyl (C=O) groups excluding carboxylic acids is 1. The smallest absolute Gasteiger partial charge is 0.229 e. The molecule has 1 amide bonds. The molecule has 0 aliphatic heterocycles. The van der Waals surface area contributed by atoms with Crippen molar-refractivity contribution in [1.29, 1.82) is 0 Å². The Bertz CT molecular complexity index is 602. The number of ether oxygens (including phenoxy) is 2. The van der Waals surface area contributed by atoms with Gasteiger partial charge in [-0.25, -0.2) is 9.97 Å². The van der Waals surface area contributed by atoms with Crippen molar-refractivity contribution >= 4 is 11.9 Å². The van der Waals surface area contributed by atoms with Gasteiger partial charge < -0.3 is 9.47 Å². The fourth-order valence-corrected chi connectivity index (χ4v) is 1.88. The highest BCUT2D eigenvalue weighted by Gasteiger charge is 2.09. The number of anilines is 1. The summed E-state index contributed by atoms with van der Waals surface area (Å²) in [7, 11) is 3.20. The van der Waals surface area contributed by atoms with E-state index in [0.717, 1.165) is 17.1 Å². The van der Waals surface area contributed by atoms with Crippen LogP contribution in [0, 0.1) is 0 Å². The van der Waals surface area contributed by atoms with E-state index in [0.29, 0.717) is 18.8 Å². The second kappa shape index (κ2) is 7.23. The Kier molecular flexibility index (Phi) is 5.09. The molecular formula is C15H17N3O3. The van der Waals surface area contributed by atoms with Gasteiger partial charge in [-0.2, -0.15) is 0 Å². The van der Waals surface area contributed by atoms with E-state index in [-0.39, 0.29) is 5.91 Å². The molecule has 2 rings (SSSR count). The Labute approximate surface area is 123 Å². The molecule has 0 aliphatic carbocycles. The van der Waals surface area contributed by atoms with Crippen LogP contribution in [0.25, 0.3) is 0 Å². The van der Waals surface area contributed by atoms with Crippen molar-refractivity contribution in [2.45, 2.75) is 12.8 Å². The Morgan fingerprint density at radius 2 is 1.95 bits per heavy atom. The predicted molar refractivity (Wildman–Crippen MR) is 78.5 cm³/mol. The molecule has 0 bridgehead atoms. The number of nitrogens with one attached hydrogen (secondary N) is 1. The van der Waals surface area contributed by atoms with E-state index in [1.54, 1.807) is 32.7 Å². The van der Waals surface area contributed by atoms with Crippen molar-refractivity contribution < 1.29 is 14.3 Å². The third kappa shape index (κ3) is 4.17. The Morgan fingerprint density at radius 3 is 2.62 bits per heavy atom. The number of rotatable bonds is 6. The van der Waals surface area contributed by atoms with Gasteiger partial charge in [0.25, 0.3) is 0 Å². The van der Waals surface area contributed by atoms with Crippen molar-refractivity contribution in [2.24, 2.45) is 0 Å². The molecule has 0 saturated heterocycles. The van der Waals surface area contributed by atoms with Gasteiger partial charge in [0, 0.05) is 18.8 Å². The number of methoxy groups -OCH3 is 2. The summed E-state index contributed by atoms with van der Waals surface area (Å²) in [6.07, 6.45) is 4.00. The fraction of sp³-hybridized carbons (Fsp3) is 0.267. The van der Waals surface area contributed by atoms with Crippen molar-refractivity contribution in [3.8, 4) is 11.5 Å². The molecule has 0 spiro atoms. The SMILES string of the molecule is COc1ccc(OC)c(CCC(=O)Nc2ncccn2)c1. The van der Waals surface area contributed by atoms with Crippen LogP contribution in [0.4, 0.5) is 5.95 Å². The molecule has 1 heterocycles. The van der Waals surface area contributed by atoms with Gasteiger partial charge in [0.05, 0.1) is 14.2 Å². The lowest BCUT2D eigenvalue weighted by Crippen LogP contribution is -2.14. The Morgan fingerprint density at radius 1 is 1.19 bits per heavy atom. The molecule has 1 aromatic heterocycles. The largest absolute Gasteiger partial charge is 0.497 e. The first-order valence-electron chi connectivity index (χ1n) is 6.50. The number of benzene rings is 1. The van der Waals surface area contributed by atoms with Gasteiger partial charge in [-0.1, -0.05) is 0 Å². The molecule has 0 radical (unpaired) electrons. The maximum atomic E-state index is 11.9. The zero-order chi connectivity index (χ0) is 15.1. The van der Waals surface area contributed by atoms with Gasteiger partial charge in [0.2, 0.25) is 11.9 Å². The number of carbonyl (C=O) groups is 1. The summed E-state index contributed by atoms with van der Waals surface area (Å²) < 4.78 is 10.5. The number of nitrogens with zero attached hydrogens (tertiary/aromatic N) is 2. The van der Waals surface area contributed by atoms with Gasteiger partial charge >= 0.3 is 0 Å². The number of aromatic nitrogens is 2. The lowest BCUT2D eigenvalue weighted by molar-refractivity contribution is -0.116. The van der Waals surface area contributed by atoms with Crippen LogP contribution in [-0.2, 0) is 11.2 Å². The minimum absolute atomic E-state index is 0.147. The van der Waals surface area contributed by atoms with E-state index in [2.05, 4.69) is 15.3 Å². The van der Waals surface area contributed by atoms with Crippen molar-refractivity contribution in [3.63, 3.8) is 0 Å². The van der Waals surface area contributed by atoms with E-state index in [4.69, 9.17) is 9.47 Å². The average molecular weight is 287 g/mol. The van der Waals surface area contributed by atoms with Crippen LogP contribution >= 0.6 is 0 Å². The summed E-state index contributed by atoms with van der Waals surface area (Å²) in [4.78, 5) is 19.8. The first-order chi connectivity index (χ1) is 10.2. The summed E-state index contributed by atoms with van der Waals surface area (Å²) in [5.74, 6) is 1.63. The maximum Gasteiger partial charge on any atom is 0.229 e. The van der Waals surface area contributed by atoms with Crippen LogP contribution in [0.5, 0.6) is 11.5 Å². The van der Waals surface area contributed by atoms with Gasteiger partial charge in [0.1, 0.15) is 11.5 Å². The summed E-state index contributed by atoms with van der Waals surface area (Å²) in [5.41, 5.74) is 0.918. The number of aryl methyl sites for hydroxylation is 1. The molecule has 2 aromatic rings. The van der Waals surface area contributed by atoms with Crippen LogP contribution in [0.3, 0.4) is 0 Å². The van der Waals surface area contributed by atoms with E-state index in [1.165, 1.54) is 0 Å². The molecule has 21 heavy (non-hydrogen) atoms. The van der Waals surface area contributed by atoms with Crippen molar-refractivity contribution in [3.05, 3.63) is 42.2 Å². The van der Waals surface area contributed by atoms with E-state index < -0.39 is 0 Å². The van der Waals surface area contributed by atoms with Gasteiger partial charge in [-0.05, 0) is 36.2 Å². The highest BCUT2D eigenvalue weighted by atomic mass is 16.5. The first-order valence-corrected chi connectivity index (χ1v) is 6.50. The van der Waals surface area contributed by atoms with Crippen molar-refractivity contribution in [1.82, 2.24) is 9.97 Å². The fourth-order valence-electron chi connectivity index (χ4n) is 1.88. The first kappa shape index (κ1) is 14.8. The van der Waals surface area contributed by atoms with E-state index in [1.807, 2.05) is 18.2 Å².